The second-order valence-electron chi connectivity index (χ2n) is 4.58. The van der Waals surface area contributed by atoms with Crippen LogP contribution in [0.2, 0.25) is 0 Å². The van der Waals surface area contributed by atoms with Crippen molar-refractivity contribution >= 4 is 21.8 Å². The number of rotatable bonds is 9. The number of nitrogens with one attached hydrogen (secondary N) is 1. The monoisotopic (exact) mass is 332 g/mol. The van der Waals surface area contributed by atoms with E-state index < -0.39 is 10.0 Å². The Balaban J connectivity index is 3.05. The highest BCUT2D eigenvalue weighted by Gasteiger charge is 2.24. The summed E-state index contributed by atoms with van der Waals surface area (Å²) in [6, 6.07) is 5.22. The molecule has 0 radical (unpaired) electrons. The Morgan fingerprint density at radius 2 is 2.10 bits per heavy atom. The molecule has 0 aliphatic heterocycles. The van der Waals surface area contributed by atoms with Gasteiger partial charge >= 0.3 is 0 Å². The predicted octanol–water partition coefficient (Wildman–Crippen LogP) is 1.79. The lowest BCUT2D eigenvalue weighted by atomic mass is 10.2. The Hall–Kier alpha value is -0.760. The molecule has 1 N–H and O–H groups in total. The number of ether oxygens (including phenoxy) is 1. The van der Waals surface area contributed by atoms with Gasteiger partial charge in [0.05, 0.1) is 7.11 Å². The zero-order valence-electron chi connectivity index (χ0n) is 13.0. The van der Waals surface area contributed by atoms with E-state index in [0.717, 1.165) is 17.9 Å². The van der Waals surface area contributed by atoms with Crippen LogP contribution in [0.5, 0.6) is 5.75 Å². The average molecular weight is 332 g/mol. The molecule has 0 saturated heterocycles. The molecule has 0 bridgehead atoms. The quantitative estimate of drug-likeness (QED) is 0.747. The van der Waals surface area contributed by atoms with Crippen molar-refractivity contribution in [3.63, 3.8) is 0 Å². The summed E-state index contributed by atoms with van der Waals surface area (Å²) in [4.78, 5) is 0.217. The lowest BCUT2D eigenvalue weighted by molar-refractivity contribution is 0.398. The fourth-order valence-electron chi connectivity index (χ4n) is 1.81. The molecule has 21 heavy (non-hydrogen) atoms. The van der Waals surface area contributed by atoms with Crippen LogP contribution in [0.25, 0.3) is 0 Å². The smallest absolute Gasteiger partial charge is 0.246 e. The van der Waals surface area contributed by atoms with Crippen molar-refractivity contribution in [3.8, 4) is 5.75 Å². The summed E-state index contributed by atoms with van der Waals surface area (Å²) in [5.74, 6) is 1.15. The third-order valence-corrected chi connectivity index (χ3v) is 5.59. The van der Waals surface area contributed by atoms with Gasteiger partial charge in [0.1, 0.15) is 10.6 Å². The summed E-state index contributed by atoms with van der Waals surface area (Å²) < 4.78 is 31.8. The molecular weight excluding hydrogens is 308 g/mol. The molecule has 5 nitrogen and oxygen atoms in total. The van der Waals surface area contributed by atoms with Crippen LogP contribution in [-0.4, -0.2) is 52.0 Å². The van der Waals surface area contributed by atoms with E-state index in [1.807, 2.05) is 19.2 Å². The standard InChI is InChI=1S/C14H24N2O3S2/c1-5-15-11-12-6-7-14(13(10-12)19-3)21(17,18)16(2)8-9-20-4/h6-7,10,15H,5,8-9,11H2,1-4H3. The molecule has 0 aliphatic rings. The minimum absolute atomic E-state index is 0.217. The van der Waals surface area contributed by atoms with Crippen LogP contribution < -0.4 is 10.1 Å². The van der Waals surface area contributed by atoms with Crippen LogP contribution in [0.1, 0.15) is 12.5 Å². The van der Waals surface area contributed by atoms with E-state index >= 15 is 0 Å². The Kier molecular flexibility index (Phi) is 7.51. The molecule has 1 aromatic carbocycles. The molecule has 0 atom stereocenters. The number of methoxy groups -OCH3 is 1. The van der Waals surface area contributed by atoms with Gasteiger partial charge in [0.15, 0.2) is 0 Å². The summed E-state index contributed by atoms with van der Waals surface area (Å²) in [6.07, 6.45) is 1.95. The van der Waals surface area contributed by atoms with Crippen molar-refractivity contribution in [1.82, 2.24) is 9.62 Å². The van der Waals surface area contributed by atoms with E-state index in [1.54, 1.807) is 30.9 Å². The van der Waals surface area contributed by atoms with Gasteiger partial charge in [-0.25, -0.2) is 8.42 Å². The topological polar surface area (TPSA) is 58.6 Å². The summed E-state index contributed by atoms with van der Waals surface area (Å²) in [5, 5.41) is 3.21. The molecule has 0 unspecified atom stereocenters. The van der Waals surface area contributed by atoms with Crippen LogP contribution in [0, 0.1) is 0 Å². The maximum absolute atomic E-state index is 12.6. The van der Waals surface area contributed by atoms with Crippen molar-refractivity contribution in [3.05, 3.63) is 23.8 Å². The largest absolute Gasteiger partial charge is 0.495 e. The number of hydrogen-bond acceptors (Lipinski definition) is 5. The highest BCUT2D eigenvalue weighted by molar-refractivity contribution is 7.98. The summed E-state index contributed by atoms with van der Waals surface area (Å²) in [7, 11) is -0.429. The number of hydrogen-bond donors (Lipinski definition) is 1. The number of thioether (sulfide) groups is 1. The van der Waals surface area contributed by atoms with Crippen molar-refractivity contribution in [2.24, 2.45) is 0 Å². The van der Waals surface area contributed by atoms with Gasteiger partial charge < -0.3 is 10.1 Å². The van der Waals surface area contributed by atoms with Crippen LogP contribution in [-0.2, 0) is 16.6 Å². The molecular formula is C14H24N2O3S2. The van der Waals surface area contributed by atoms with Crippen LogP contribution in [0.4, 0.5) is 0 Å². The highest BCUT2D eigenvalue weighted by atomic mass is 32.2. The molecule has 0 aromatic heterocycles. The molecule has 7 heteroatoms. The zero-order chi connectivity index (χ0) is 15.9. The van der Waals surface area contributed by atoms with E-state index in [1.165, 1.54) is 11.4 Å². The fourth-order valence-corrected chi connectivity index (χ4v) is 3.69. The van der Waals surface area contributed by atoms with Crippen LogP contribution >= 0.6 is 11.8 Å². The first-order chi connectivity index (χ1) is 9.97. The first-order valence-electron chi connectivity index (χ1n) is 6.80. The third-order valence-electron chi connectivity index (χ3n) is 3.11. The van der Waals surface area contributed by atoms with Crippen molar-refractivity contribution < 1.29 is 13.2 Å². The predicted molar refractivity (Wildman–Crippen MR) is 88.6 cm³/mol. The highest BCUT2D eigenvalue weighted by Crippen LogP contribution is 2.27. The lowest BCUT2D eigenvalue weighted by Gasteiger charge is -2.19. The van der Waals surface area contributed by atoms with E-state index in [2.05, 4.69) is 5.32 Å². The Bertz CT molecular complexity index is 547. The van der Waals surface area contributed by atoms with Gasteiger partial charge in [-0.05, 0) is 30.5 Å². The molecule has 120 valence electrons. The summed E-state index contributed by atoms with van der Waals surface area (Å²) in [5.41, 5.74) is 0.999. The Morgan fingerprint density at radius 1 is 1.38 bits per heavy atom. The molecule has 0 saturated carbocycles. The summed E-state index contributed by atoms with van der Waals surface area (Å²) in [6.45, 7) is 4.05. The van der Waals surface area contributed by atoms with Crippen LogP contribution in [0.3, 0.4) is 0 Å². The number of nitrogens with zero attached hydrogens (tertiary/aromatic N) is 1. The molecule has 0 aliphatic carbocycles. The molecule has 1 rings (SSSR count). The third kappa shape index (κ3) is 4.88. The van der Waals surface area contributed by atoms with Gasteiger partial charge in [-0.15, -0.1) is 0 Å². The normalized spacial score (nSPS) is 11.9. The van der Waals surface area contributed by atoms with Crippen molar-refractivity contribution in [2.75, 3.05) is 39.3 Å². The van der Waals surface area contributed by atoms with Gasteiger partial charge in [-0.3, -0.25) is 0 Å². The SMILES string of the molecule is CCNCc1ccc(S(=O)(=O)N(C)CCSC)c(OC)c1. The van der Waals surface area contributed by atoms with Gasteiger partial charge in [0.25, 0.3) is 0 Å². The van der Waals surface area contributed by atoms with Gasteiger partial charge in [0, 0.05) is 25.9 Å². The number of sulfonamides is 1. The first-order valence-corrected chi connectivity index (χ1v) is 9.63. The van der Waals surface area contributed by atoms with Gasteiger partial charge in [-0.2, -0.15) is 16.1 Å². The fraction of sp³-hybridized carbons (Fsp3) is 0.571. The van der Waals surface area contributed by atoms with Crippen molar-refractivity contribution in [1.29, 1.82) is 0 Å². The molecule has 1 aromatic rings. The van der Waals surface area contributed by atoms with E-state index in [0.29, 0.717) is 18.8 Å². The second kappa shape index (κ2) is 8.63. The average Bonchev–Trinajstić information content (AvgIpc) is 2.49. The Labute approximate surface area is 132 Å². The first kappa shape index (κ1) is 18.3. The Morgan fingerprint density at radius 3 is 2.67 bits per heavy atom. The van der Waals surface area contributed by atoms with E-state index in [-0.39, 0.29) is 4.90 Å². The zero-order valence-corrected chi connectivity index (χ0v) is 14.7. The van der Waals surface area contributed by atoms with E-state index in [4.69, 9.17) is 4.74 Å². The molecule has 0 spiro atoms. The second-order valence-corrected chi connectivity index (χ2v) is 7.58. The maximum atomic E-state index is 12.6. The van der Waals surface area contributed by atoms with Crippen molar-refractivity contribution in [2.45, 2.75) is 18.4 Å². The van der Waals surface area contributed by atoms with Gasteiger partial charge in [0.2, 0.25) is 10.0 Å². The lowest BCUT2D eigenvalue weighted by Crippen LogP contribution is -2.29. The number of benzene rings is 1. The molecule has 0 fully saturated rings. The molecule has 0 amide bonds. The van der Waals surface area contributed by atoms with Crippen LogP contribution in [0.15, 0.2) is 23.1 Å². The minimum Gasteiger partial charge on any atom is -0.495 e. The van der Waals surface area contributed by atoms with Gasteiger partial charge in [-0.1, -0.05) is 13.0 Å². The minimum atomic E-state index is -3.52. The summed E-state index contributed by atoms with van der Waals surface area (Å²) >= 11 is 1.62. The van der Waals surface area contributed by atoms with E-state index in [9.17, 15) is 8.42 Å². The maximum Gasteiger partial charge on any atom is 0.246 e. The molecule has 0 heterocycles.